The lowest BCUT2D eigenvalue weighted by molar-refractivity contribution is 0.167. The molecule has 1 aliphatic heterocycles. The van der Waals surface area contributed by atoms with E-state index in [9.17, 15) is 8.42 Å². The van der Waals surface area contributed by atoms with Crippen LogP contribution in [0.4, 0.5) is 0 Å². The Morgan fingerprint density at radius 3 is 2.17 bits per heavy atom. The van der Waals surface area contributed by atoms with E-state index in [0.717, 1.165) is 0 Å². The van der Waals surface area contributed by atoms with Crippen LogP contribution in [0.15, 0.2) is 0 Å². The van der Waals surface area contributed by atoms with Crippen LogP contribution in [0.3, 0.4) is 0 Å². The van der Waals surface area contributed by atoms with Gasteiger partial charge in [0.25, 0.3) is 0 Å². The summed E-state index contributed by atoms with van der Waals surface area (Å²) in [5, 5.41) is 9.05. The molecule has 70 valence electrons. The lowest BCUT2D eigenvalue weighted by Gasteiger charge is -2.32. The molecule has 0 aromatic heterocycles. The largest absolute Gasteiger partial charge is 0.396 e. The zero-order chi connectivity index (χ0) is 8.77. The topological polar surface area (TPSA) is 54.4 Å². The Balaban J connectivity index is 1.92. The molecule has 1 N–H and O–H groups in total. The molecule has 2 fully saturated rings. The summed E-state index contributed by atoms with van der Waals surface area (Å²) in [6.07, 6.45) is 2.36. The van der Waals surface area contributed by atoms with Crippen LogP contribution in [0.2, 0.25) is 0 Å². The van der Waals surface area contributed by atoms with Crippen LogP contribution in [-0.4, -0.2) is 31.6 Å². The second-order valence-electron chi connectivity index (χ2n) is 4.02. The zero-order valence-electron chi connectivity index (χ0n) is 6.94. The van der Waals surface area contributed by atoms with Crippen LogP contribution in [-0.2, 0) is 9.84 Å². The van der Waals surface area contributed by atoms with E-state index in [1.165, 1.54) is 12.8 Å². The first-order valence-corrected chi connectivity index (χ1v) is 6.26. The molecule has 0 amide bonds. The summed E-state index contributed by atoms with van der Waals surface area (Å²) in [6.45, 7) is 0.171. The van der Waals surface area contributed by atoms with Crippen molar-refractivity contribution in [2.24, 2.45) is 17.8 Å². The predicted molar refractivity (Wildman–Crippen MR) is 45.4 cm³/mol. The van der Waals surface area contributed by atoms with Crippen LogP contribution in [0.25, 0.3) is 0 Å². The van der Waals surface area contributed by atoms with Gasteiger partial charge >= 0.3 is 0 Å². The second-order valence-corrected chi connectivity index (χ2v) is 6.17. The van der Waals surface area contributed by atoms with Crippen molar-refractivity contribution in [3.05, 3.63) is 0 Å². The third kappa shape index (κ3) is 1.50. The van der Waals surface area contributed by atoms with Gasteiger partial charge in [-0.05, 0) is 30.6 Å². The third-order valence-corrected chi connectivity index (χ3v) is 4.85. The highest BCUT2D eigenvalue weighted by molar-refractivity contribution is 7.92. The van der Waals surface area contributed by atoms with Gasteiger partial charge in [-0.3, -0.25) is 0 Å². The number of hydrogen-bond donors (Lipinski definition) is 1. The summed E-state index contributed by atoms with van der Waals surface area (Å²) in [5.41, 5.74) is 0. The van der Waals surface area contributed by atoms with Gasteiger partial charge in [-0.2, -0.15) is 0 Å². The van der Waals surface area contributed by atoms with Crippen LogP contribution in [0.5, 0.6) is 0 Å². The van der Waals surface area contributed by atoms with E-state index in [4.69, 9.17) is 5.11 Å². The van der Waals surface area contributed by atoms with Crippen molar-refractivity contribution in [2.45, 2.75) is 12.8 Å². The van der Waals surface area contributed by atoms with E-state index < -0.39 is 9.84 Å². The Labute approximate surface area is 72.7 Å². The molecule has 4 heteroatoms. The molecular weight excluding hydrogens is 176 g/mol. The molecule has 0 aromatic rings. The van der Waals surface area contributed by atoms with Crippen molar-refractivity contribution in [1.82, 2.24) is 0 Å². The lowest BCUT2D eigenvalue weighted by atomic mass is 9.91. The molecule has 1 saturated carbocycles. The summed E-state index contributed by atoms with van der Waals surface area (Å²) >= 11 is 0. The molecule has 1 unspecified atom stereocenters. The van der Waals surface area contributed by atoms with Gasteiger partial charge in [0.15, 0.2) is 9.84 Å². The summed E-state index contributed by atoms with van der Waals surface area (Å²) in [7, 11) is -2.70. The van der Waals surface area contributed by atoms with Gasteiger partial charge in [0.2, 0.25) is 0 Å². The van der Waals surface area contributed by atoms with Gasteiger partial charge in [-0.1, -0.05) is 0 Å². The van der Waals surface area contributed by atoms with Crippen LogP contribution < -0.4 is 0 Å². The van der Waals surface area contributed by atoms with E-state index in [0.29, 0.717) is 17.4 Å². The SMILES string of the molecule is O=S1(=O)CC(C(CO)C2CC2)C1. The van der Waals surface area contributed by atoms with E-state index in [1.807, 2.05) is 0 Å². The minimum Gasteiger partial charge on any atom is -0.396 e. The van der Waals surface area contributed by atoms with Crippen molar-refractivity contribution < 1.29 is 13.5 Å². The quantitative estimate of drug-likeness (QED) is 0.684. The van der Waals surface area contributed by atoms with Crippen molar-refractivity contribution in [3.8, 4) is 0 Å². The maximum atomic E-state index is 10.9. The number of aliphatic hydroxyl groups excluding tert-OH is 1. The maximum absolute atomic E-state index is 10.9. The molecule has 1 heterocycles. The van der Waals surface area contributed by atoms with Gasteiger partial charge in [0.05, 0.1) is 11.5 Å². The first-order valence-electron chi connectivity index (χ1n) is 4.43. The van der Waals surface area contributed by atoms with Crippen LogP contribution in [0, 0.1) is 17.8 Å². The van der Waals surface area contributed by atoms with Gasteiger partial charge in [-0.15, -0.1) is 0 Å². The smallest absolute Gasteiger partial charge is 0.150 e. The standard InChI is InChI=1S/C8H14O3S/c9-3-8(6-1-2-6)7-4-12(10,11)5-7/h6-9H,1-5H2. The minimum atomic E-state index is -2.70. The molecule has 0 spiro atoms. The first-order chi connectivity index (χ1) is 5.62. The molecule has 1 atom stereocenters. The molecule has 1 saturated heterocycles. The maximum Gasteiger partial charge on any atom is 0.150 e. The van der Waals surface area contributed by atoms with Crippen molar-refractivity contribution >= 4 is 9.84 Å². The Kier molecular flexibility index (Phi) is 1.92. The Morgan fingerprint density at radius 1 is 1.25 bits per heavy atom. The lowest BCUT2D eigenvalue weighted by Crippen LogP contribution is -2.43. The molecule has 2 rings (SSSR count). The molecule has 2 aliphatic rings. The summed E-state index contributed by atoms with van der Waals surface area (Å²) in [6, 6.07) is 0. The van der Waals surface area contributed by atoms with Gasteiger partial charge in [-0.25, -0.2) is 8.42 Å². The fraction of sp³-hybridized carbons (Fsp3) is 1.00. The molecular formula is C8H14O3S. The van der Waals surface area contributed by atoms with Gasteiger partial charge in [0.1, 0.15) is 0 Å². The predicted octanol–water partition coefficient (Wildman–Crippen LogP) is 0.0495. The Bertz CT molecular complexity index is 254. The average Bonchev–Trinajstić information content (AvgIpc) is 2.68. The van der Waals surface area contributed by atoms with E-state index in [1.54, 1.807) is 0 Å². The fourth-order valence-corrected chi connectivity index (χ4v) is 3.76. The van der Waals surface area contributed by atoms with Crippen molar-refractivity contribution in [2.75, 3.05) is 18.1 Å². The number of rotatable bonds is 3. The first kappa shape index (κ1) is 8.51. The van der Waals surface area contributed by atoms with Gasteiger partial charge < -0.3 is 5.11 Å². The van der Waals surface area contributed by atoms with Gasteiger partial charge in [0, 0.05) is 6.61 Å². The fourth-order valence-electron chi connectivity index (χ4n) is 2.06. The summed E-state index contributed by atoms with van der Waals surface area (Å²) < 4.78 is 21.8. The van der Waals surface area contributed by atoms with Crippen LogP contribution >= 0.6 is 0 Å². The molecule has 0 bridgehead atoms. The van der Waals surface area contributed by atoms with Crippen LogP contribution in [0.1, 0.15) is 12.8 Å². The highest BCUT2D eigenvalue weighted by Gasteiger charge is 2.44. The molecule has 0 radical (unpaired) electrons. The number of hydrogen-bond acceptors (Lipinski definition) is 3. The average molecular weight is 190 g/mol. The zero-order valence-corrected chi connectivity index (χ0v) is 7.76. The number of aliphatic hydroxyl groups is 1. The normalized spacial score (nSPS) is 31.1. The monoisotopic (exact) mass is 190 g/mol. The second kappa shape index (κ2) is 2.70. The van der Waals surface area contributed by atoms with E-state index in [-0.39, 0.29) is 18.4 Å². The highest BCUT2D eigenvalue weighted by atomic mass is 32.2. The summed E-state index contributed by atoms with van der Waals surface area (Å²) in [4.78, 5) is 0. The Hall–Kier alpha value is -0.0900. The molecule has 12 heavy (non-hydrogen) atoms. The van der Waals surface area contributed by atoms with Crippen molar-refractivity contribution in [1.29, 1.82) is 0 Å². The van der Waals surface area contributed by atoms with Crippen molar-refractivity contribution in [3.63, 3.8) is 0 Å². The molecule has 1 aliphatic carbocycles. The molecule has 0 aromatic carbocycles. The third-order valence-electron chi connectivity index (χ3n) is 2.98. The van der Waals surface area contributed by atoms with E-state index in [2.05, 4.69) is 0 Å². The minimum absolute atomic E-state index is 0.171. The Morgan fingerprint density at radius 2 is 1.83 bits per heavy atom. The van der Waals surface area contributed by atoms with E-state index >= 15 is 0 Å². The molecule has 3 nitrogen and oxygen atoms in total. The highest BCUT2D eigenvalue weighted by Crippen LogP contribution is 2.43. The number of sulfone groups is 1. The summed E-state index contributed by atoms with van der Waals surface area (Å²) in [5.74, 6) is 1.78.